The number of carbonyl (C=O) groups is 3. The minimum absolute atomic E-state index is 0.0358. The van der Waals surface area contributed by atoms with E-state index in [0.717, 1.165) is 70.1 Å². The molecule has 1 saturated heterocycles. The molecule has 0 spiro atoms. The highest BCUT2D eigenvalue weighted by atomic mass is 16.5. The molecule has 1 aromatic carbocycles. The van der Waals surface area contributed by atoms with Gasteiger partial charge >= 0.3 is 12.0 Å². The molecule has 3 heterocycles. The van der Waals surface area contributed by atoms with E-state index in [9.17, 15) is 14.4 Å². The number of furan rings is 1. The number of primary amides is 1. The zero-order chi connectivity index (χ0) is 31.8. The van der Waals surface area contributed by atoms with Crippen molar-refractivity contribution >= 4 is 23.7 Å². The van der Waals surface area contributed by atoms with Crippen molar-refractivity contribution < 1.29 is 23.5 Å². The second kappa shape index (κ2) is 15.2. The summed E-state index contributed by atoms with van der Waals surface area (Å²) in [5, 5.41) is 2.48. The summed E-state index contributed by atoms with van der Waals surface area (Å²) in [4.78, 5) is 46.3. The van der Waals surface area contributed by atoms with Crippen LogP contribution < -0.4 is 16.0 Å². The number of likely N-dealkylation sites (tertiary alicyclic amines) is 1. The van der Waals surface area contributed by atoms with Crippen molar-refractivity contribution in [3.8, 4) is 0 Å². The first-order valence-corrected chi connectivity index (χ1v) is 16.2. The number of hydrogen-bond donors (Lipinski definition) is 2. The lowest BCUT2D eigenvalue weighted by Gasteiger charge is -2.38. The topological polar surface area (TPSA) is 131 Å². The zero-order valence-corrected chi connectivity index (χ0v) is 26.3. The van der Waals surface area contributed by atoms with Gasteiger partial charge in [-0.1, -0.05) is 37.3 Å². The van der Waals surface area contributed by atoms with Gasteiger partial charge in [-0.3, -0.25) is 9.69 Å². The van der Waals surface area contributed by atoms with Crippen LogP contribution in [0.25, 0.3) is 0 Å². The Labute approximate surface area is 265 Å². The number of piperidine rings is 1. The number of esters is 1. The number of pyridine rings is 1. The molecule has 0 bridgehead atoms. The van der Waals surface area contributed by atoms with Crippen molar-refractivity contribution in [1.29, 1.82) is 0 Å². The van der Waals surface area contributed by atoms with Crippen LogP contribution in [0.15, 0.2) is 65.4 Å². The molecule has 0 radical (unpaired) electrons. The van der Waals surface area contributed by atoms with E-state index in [1.807, 2.05) is 30.9 Å². The summed E-state index contributed by atoms with van der Waals surface area (Å²) in [6.45, 7) is 6.52. The van der Waals surface area contributed by atoms with E-state index < -0.39 is 18.0 Å². The van der Waals surface area contributed by atoms with Crippen molar-refractivity contribution in [1.82, 2.24) is 15.2 Å². The maximum Gasteiger partial charge on any atom is 0.328 e. The molecule has 3 unspecified atom stereocenters. The van der Waals surface area contributed by atoms with E-state index in [4.69, 9.17) is 14.9 Å². The average Bonchev–Trinajstić information content (AvgIpc) is 3.60. The van der Waals surface area contributed by atoms with Gasteiger partial charge in [0.25, 0.3) is 5.91 Å². The van der Waals surface area contributed by atoms with Gasteiger partial charge in [0.05, 0.1) is 6.26 Å². The minimum Gasteiger partial charge on any atom is -0.461 e. The number of nitrogens with zero attached hydrogens (tertiary/aromatic N) is 3. The van der Waals surface area contributed by atoms with Crippen LogP contribution in [0.4, 0.5) is 10.6 Å². The summed E-state index contributed by atoms with van der Waals surface area (Å²) in [6, 6.07) is 14.6. The molecule has 1 aliphatic carbocycles. The number of nitrogens with one attached hydrogen (secondary N) is 1. The van der Waals surface area contributed by atoms with Gasteiger partial charge in [0.1, 0.15) is 18.0 Å². The Bertz CT molecular complexity index is 1420. The number of urea groups is 1. The van der Waals surface area contributed by atoms with E-state index >= 15 is 0 Å². The summed E-state index contributed by atoms with van der Waals surface area (Å²) in [6.07, 6.45) is 9.83. The monoisotopic (exact) mass is 615 g/mol. The van der Waals surface area contributed by atoms with Gasteiger partial charge in [0.2, 0.25) is 0 Å². The number of anilines is 1. The smallest absolute Gasteiger partial charge is 0.328 e. The first-order valence-electron chi connectivity index (χ1n) is 16.2. The van der Waals surface area contributed by atoms with Crippen LogP contribution in [0, 0.1) is 6.92 Å². The number of ether oxygens (including phenoxy) is 1. The fourth-order valence-corrected chi connectivity index (χ4v) is 6.70. The fraction of sp³-hybridized carbons (Fsp3) is 0.486. The van der Waals surface area contributed by atoms with E-state index in [1.54, 1.807) is 18.3 Å². The highest BCUT2D eigenvalue weighted by Gasteiger charge is 2.33. The van der Waals surface area contributed by atoms with E-state index in [0.29, 0.717) is 23.9 Å². The Balaban J connectivity index is 1.18. The van der Waals surface area contributed by atoms with Crippen LogP contribution in [-0.2, 0) is 16.0 Å². The summed E-state index contributed by atoms with van der Waals surface area (Å²) in [5.41, 5.74) is 8.94. The van der Waals surface area contributed by atoms with Crippen LogP contribution >= 0.6 is 0 Å². The molecule has 10 heteroatoms. The number of nitrogens with two attached hydrogens (primary N) is 1. The molecule has 2 aromatic heterocycles. The van der Waals surface area contributed by atoms with Crippen LogP contribution in [0.2, 0.25) is 0 Å². The Morgan fingerprint density at radius 3 is 2.58 bits per heavy atom. The van der Waals surface area contributed by atoms with Gasteiger partial charge in [-0.15, -0.1) is 0 Å². The first kappa shape index (κ1) is 32.2. The van der Waals surface area contributed by atoms with Crippen molar-refractivity contribution in [3.63, 3.8) is 0 Å². The highest BCUT2D eigenvalue weighted by molar-refractivity contribution is 6.04. The van der Waals surface area contributed by atoms with Gasteiger partial charge in [0.15, 0.2) is 5.76 Å². The van der Waals surface area contributed by atoms with Gasteiger partial charge in [-0.05, 0) is 99.1 Å². The number of amides is 3. The van der Waals surface area contributed by atoms with Crippen LogP contribution in [-0.4, -0.2) is 65.6 Å². The zero-order valence-electron chi connectivity index (χ0n) is 26.3. The summed E-state index contributed by atoms with van der Waals surface area (Å²) < 4.78 is 11.3. The lowest BCUT2D eigenvalue weighted by Crippen LogP contribution is -2.48. The van der Waals surface area contributed by atoms with E-state index in [1.165, 1.54) is 17.4 Å². The van der Waals surface area contributed by atoms with Gasteiger partial charge < -0.3 is 25.1 Å². The predicted molar refractivity (Wildman–Crippen MR) is 172 cm³/mol. The number of rotatable bonds is 11. The molecule has 5 rings (SSSR count). The molecular formula is C35H45N5O5. The number of carbonyl (C=O) groups excluding carboxylic acids is 3. The molecule has 3 N–H and O–H groups in total. The van der Waals surface area contributed by atoms with Crippen LogP contribution in [0.5, 0.6) is 0 Å². The third-order valence-electron chi connectivity index (χ3n) is 9.13. The average molecular weight is 616 g/mol. The predicted octanol–water partition coefficient (Wildman–Crippen LogP) is 5.35. The van der Waals surface area contributed by atoms with E-state index in [2.05, 4.69) is 39.5 Å². The Morgan fingerprint density at radius 2 is 1.89 bits per heavy atom. The summed E-state index contributed by atoms with van der Waals surface area (Å²) >= 11 is 0. The second-order valence-corrected chi connectivity index (χ2v) is 12.3. The number of aryl methyl sites for hydroxylation is 1. The lowest BCUT2D eigenvalue weighted by atomic mass is 9.80. The molecule has 2 aliphatic rings. The van der Waals surface area contributed by atoms with Crippen molar-refractivity contribution in [2.45, 2.75) is 89.3 Å². The van der Waals surface area contributed by atoms with Gasteiger partial charge in [0, 0.05) is 31.9 Å². The lowest BCUT2D eigenvalue weighted by molar-refractivity contribution is -0.153. The Kier molecular flexibility index (Phi) is 10.9. The van der Waals surface area contributed by atoms with Crippen LogP contribution in [0.1, 0.15) is 85.0 Å². The third-order valence-corrected chi connectivity index (χ3v) is 9.13. The van der Waals surface area contributed by atoms with Crippen molar-refractivity contribution in [2.75, 3.05) is 24.5 Å². The molecule has 3 amide bonds. The van der Waals surface area contributed by atoms with E-state index in [-0.39, 0.29) is 18.1 Å². The first-order chi connectivity index (χ1) is 21.8. The molecule has 3 aromatic rings. The highest BCUT2D eigenvalue weighted by Crippen LogP contribution is 2.36. The molecule has 2 fully saturated rings. The molecule has 1 aliphatic heterocycles. The summed E-state index contributed by atoms with van der Waals surface area (Å²) in [7, 11) is 0. The Morgan fingerprint density at radius 1 is 1.09 bits per heavy atom. The fourth-order valence-electron chi connectivity index (χ4n) is 6.70. The normalized spacial score (nSPS) is 19.9. The van der Waals surface area contributed by atoms with Gasteiger partial charge in [-0.2, -0.15) is 0 Å². The Hall–Kier alpha value is -4.18. The molecular weight excluding hydrogens is 570 g/mol. The largest absolute Gasteiger partial charge is 0.461 e. The number of benzene rings is 1. The second-order valence-electron chi connectivity index (χ2n) is 12.3. The molecule has 240 valence electrons. The van der Waals surface area contributed by atoms with Crippen molar-refractivity contribution in [3.05, 3.63) is 83.4 Å². The maximum atomic E-state index is 13.5. The quantitative estimate of drug-likeness (QED) is 0.278. The molecule has 45 heavy (non-hydrogen) atoms. The third kappa shape index (κ3) is 8.30. The number of aromatic nitrogens is 1. The summed E-state index contributed by atoms with van der Waals surface area (Å²) in [5.74, 6) is 0.713. The molecule has 10 nitrogen and oxygen atoms in total. The van der Waals surface area contributed by atoms with Crippen molar-refractivity contribution in [2.24, 2.45) is 5.73 Å². The molecule has 1 saturated carbocycles. The molecule has 3 atom stereocenters. The maximum absolute atomic E-state index is 13.5. The van der Waals surface area contributed by atoms with Gasteiger partial charge in [-0.25, -0.2) is 14.6 Å². The minimum atomic E-state index is -0.721. The van der Waals surface area contributed by atoms with Crippen LogP contribution in [0.3, 0.4) is 0 Å². The number of hydrogen-bond acceptors (Lipinski definition) is 7. The standard InChI is InChI=1S/C35H45N5O5/c1-3-30(38-35(36)43)34(42)45-28-10-6-9-26(22-28)29-11-5-4-8-25(29)15-18-39-19-16-27(17-20-39)40(32-14-13-24(2)23-37-32)33(41)31-12-7-21-44-31/h4-5,7-8,11-14,21,23,26-28,30H,3,6,9-10,15-20,22H2,1-2H3,(H3,36,38,43). The SMILES string of the molecule is CCC(NC(N)=O)C(=O)OC1CCCC(c2ccccc2CCN2CCC(N(C(=O)c3ccco3)c3ccc(C)cn3)CC2)C1.